The van der Waals surface area contributed by atoms with Crippen LogP contribution in [-0.2, 0) is 19.1 Å². The molecular formula is C12H15NO4. The van der Waals surface area contributed by atoms with Crippen LogP contribution in [0.2, 0.25) is 0 Å². The van der Waals surface area contributed by atoms with Crippen LogP contribution in [0.25, 0.3) is 0 Å². The summed E-state index contributed by atoms with van der Waals surface area (Å²) in [7, 11) is 0. The van der Waals surface area contributed by atoms with Crippen LogP contribution in [0.15, 0.2) is 35.7 Å². The fourth-order valence-electron chi connectivity index (χ4n) is 1.18. The molecular weight excluding hydrogens is 222 g/mol. The van der Waals surface area contributed by atoms with Gasteiger partial charge in [-0.2, -0.15) is 0 Å². The predicted molar refractivity (Wildman–Crippen MR) is 61.7 cm³/mol. The highest BCUT2D eigenvalue weighted by Crippen LogP contribution is 2.06. The van der Waals surface area contributed by atoms with Gasteiger partial charge < -0.3 is 14.8 Å². The molecule has 1 aliphatic heterocycles. The monoisotopic (exact) mass is 237 g/mol. The zero-order chi connectivity index (χ0) is 12.7. The summed E-state index contributed by atoms with van der Waals surface area (Å²) in [5.74, 6) is -0.895. The number of carbonyl (C=O) groups excluding carboxylic acids is 2. The summed E-state index contributed by atoms with van der Waals surface area (Å²) in [6.07, 6.45) is 6.12. The highest BCUT2D eigenvalue weighted by Gasteiger charge is 2.13. The second-order valence-corrected chi connectivity index (χ2v) is 3.12. The molecule has 0 atom stereocenters. The van der Waals surface area contributed by atoms with Crippen LogP contribution in [0.3, 0.4) is 0 Å². The first-order chi connectivity index (χ1) is 8.19. The lowest BCUT2D eigenvalue weighted by molar-refractivity contribution is -0.139. The number of nitrogens with one attached hydrogen (secondary N) is 1. The van der Waals surface area contributed by atoms with Crippen LogP contribution in [0, 0.1) is 0 Å². The molecule has 0 aromatic carbocycles. The zero-order valence-electron chi connectivity index (χ0n) is 9.86. The van der Waals surface area contributed by atoms with Gasteiger partial charge in [0.05, 0.1) is 18.8 Å². The van der Waals surface area contributed by atoms with Gasteiger partial charge >= 0.3 is 11.9 Å². The van der Waals surface area contributed by atoms with Gasteiger partial charge in [0.1, 0.15) is 5.70 Å². The second-order valence-electron chi connectivity index (χ2n) is 3.12. The Morgan fingerprint density at radius 1 is 1.18 bits per heavy atom. The molecule has 0 radical (unpaired) electrons. The molecule has 92 valence electrons. The molecule has 0 fully saturated rings. The van der Waals surface area contributed by atoms with E-state index in [4.69, 9.17) is 9.47 Å². The first-order valence-corrected chi connectivity index (χ1v) is 5.38. The van der Waals surface area contributed by atoms with Crippen LogP contribution in [0.1, 0.15) is 13.8 Å². The smallest absolute Gasteiger partial charge is 0.354 e. The third kappa shape index (κ3) is 3.79. The van der Waals surface area contributed by atoms with Crippen molar-refractivity contribution in [3.63, 3.8) is 0 Å². The van der Waals surface area contributed by atoms with E-state index in [2.05, 4.69) is 5.32 Å². The van der Waals surface area contributed by atoms with E-state index in [1.807, 2.05) is 0 Å². The minimum Gasteiger partial charge on any atom is -0.462 e. The fraction of sp³-hybridized carbons (Fsp3) is 0.333. The van der Waals surface area contributed by atoms with Crippen LogP contribution in [-0.4, -0.2) is 25.2 Å². The van der Waals surface area contributed by atoms with Crippen molar-refractivity contribution in [3.05, 3.63) is 35.7 Å². The van der Waals surface area contributed by atoms with Gasteiger partial charge in [0.25, 0.3) is 0 Å². The van der Waals surface area contributed by atoms with Crippen molar-refractivity contribution in [2.45, 2.75) is 13.8 Å². The lowest BCUT2D eigenvalue weighted by Gasteiger charge is -2.05. The standard InChI is InChI=1S/C12H15NO4/c1-3-16-11(14)9-6-5-7-10(13-8-9)12(15)17-4-2/h5-8,13H,3-4H2,1-2H3. The number of allylic oxidation sites excluding steroid dienone is 2. The normalized spacial score (nSPS) is 14.0. The molecule has 0 unspecified atom stereocenters. The minimum absolute atomic E-state index is 0.280. The molecule has 5 heteroatoms. The number of hydrogen-bond acceptors (Lipinski definition) is 5. The predicted octanol–water partition coefficient (Wildman–Crippen LogP) is 1.04. The molecule has 0 saturated heterocycles. The number of carbonyl (C=O) groups is 2. The molecule has 17 heavy (non-hydrogen) atoms. The fourth-order valence-corrected chi connectivity index (χ4v) is 1.18. The summed E-state index contributed by atoms with van der Waals surface area (Å²) in [5, 5.41) is 2.72. The minimum atomic E-state index is -0.460. The van der Waals surface area contributed by atoms with Gasteiger partial charge in [0.2, 0.25) is 0 Å². The van der Waals surface area contributed by atoms with E-state index in [-0.39, 0.29) is 5.70 Å². The van der Waals surface area contributed by atoms with Crippen molar-refractivity contribution in [2.24, 2.45) is 0 Å². The number of rotatable bonds is 4. The summed E-state index contributed by atoms with van der Waals surface area (Å²) in [6, 6.07) is 0. The van der Waals surface area contributed by atoms with E-state index in [9.17, 15) is 9.59 Å². The maximum atomic E-state index is 11.4. The van der Waals surface area contributed by atoms with E-state index in [1.165, 1.54) is 6.20 Å². The number of hydrogen-bond donors (Lipinski definition) is 1. The van der Waals surface area contributed by atoms with E-state index in [0.717, 1.165) is 0 Å². The molecule has 0 spiro atoms. The molecule has 0 saturated carbocycles. The molecule has 0 aromatic heterocycles. The molecule has 1 aliphatic rings. The van der Waals surface area contributed by atoms with Crippen LogP contribution < -0.4 is 5.32 Å². The molecule has 1 heterocycles. The molecule has 0 amide bonds. The van der Waals surface area contributed by atoms with Crippen molar-refractivity contribution in [2.75, 3.05) is 13.2 Å². The molecule has 0 bridgehead atoms. The average Bonchev–Trinajstić information content (AvgIpc) is 2.55. The van der Waals surface area contributed by atoms with E-state index >= 15 is 0 Å². The highest BCUT2D eigenvalue weighted by atomic mass is 16.5. The summed E-state index contributed by atoms with van der Waals surface area (Å²) in [5.41, 5.74) is 0.629. The van der Waals surface area contributed by atoms with Gasteiger partial charge in [-0.3, -0.25) is 0 Å². The summed E-state index contributed by atoms with van der Waals surface area (Å²) in [4.78, 5) is 22.9. The highest BCUT2D eigenvalue weighted by molar-refractivity contribution is 5.93. The Hall–Kier alpha value is -2.04. The summed E-state index contributed by atoms with van der Waals surface area (Å²) >= 11 is 0. The summed E-state index contributed by atoms with van der Waals surface area (Å²) < 4.78 is 9.67. The number of ether oxygens (including phenoxy) is 2. The Labute approximate surface area is 99.8 Å². The molecule has 0 aliphatic carbocycles. The van der Waals surface area contributed by atoms with E-state index in [0.29, 0.717) is 18.8 Å². The van der Waals surface area contributed by atoms with Gasteiger partial charge in [0.15, 0.2) is 0 Å². The maximum Gasteiger partial charge on any atom is 0.354 e. The van der Waals surface area contributed by atoms with Crippen molar-refractivity contribution in [1.82, 2.24) is 5.32 Å². The first kappa shape index (κ1) is 13.0. The van der Waals surface area contributed by atoms with Crippen molar-refractivity contribution in [3.8, 4) is 0 Å². The lowest BCUT2D eigenvalue weighted by atomic mass is 10.2. The molecule has 1 N–H and O–H groups in total. The Morgan fingerprint density at radius 3 is 2.47 bits per heavy atom. The Kier molecular flexibility index (Phi) is 5.00. The number of esters is 2. The lowest BCUT2D eigenvalue weighted by Crippen LogP contribution is -2.18. The Bertz CT molecular complexity index is 393. The van der Waals surface area contributed by atoms with E-state index < -0.39 is 11.9 Å². The first-order valence-electron chi connectivity index (χ1n) is 5.38. The molecule has 1 rings (SSSR count). The van der Waals surface area contributed by atoms with Crippen molar-refractivity contribution < 1.29 is 19.1 Å². The molecule has 5 nitrogen and oxygen atoms in total. The van der Waals surface area contributed by atoms with Crippen LogP contribution in [0.4, 0.5) is 0 Å². The topological polar surface area (TPSA) is 64.6 Å². The van der Waals surface area contributed by atoms with Crippen molar-refractivity contribution in [1.29, 1.82) is 0 Å². The largest absolute Gasteiger partial charge is 0.462 e. The van der Waals surface area contributed by atoms with Gasteiger partial charge in [-0.25, -0.2) is 9.59 Å². The van der Waals surface area contributed by atoms with Gasteiger partial charge in [-0.15, -0.1) is 0 Å². The third-order valence-corrected chi connectivity index (χ3v) is 1.93. The second kappa shape index (κ2) is 6.52. The summed E-state index contributed by atoms with van der Waals surface area (Å²) in [6.45, 7) is 4.07. The quantitative estimate of drug-likeness (QED) is 0.740. The average molecular weight is 237 g/mol. The van der Waals surface area contributed by atoms with Gasteiger partial charge in [-0.05, 0) is 26.0 Å². The molecule has 0 aromatic rings. The Morgan fingerprint density at radius 2 is 1.82 bits per heavy atom. The maximum absolute atomic E-state index is 11.4. The van der Waals surface area contributed by atoms with Crippen molar-refractivity contribution >= 4 is 11.9 Å². The third-order valence-electron chi connectivity index (χ3n) is 1.93. The van der Waals surface area contributed by atoms with Crippen LogP contribution >= 0.6 is 0 Å². The van der Waals surface area contributed by atoms with Gasteiger partial charge in [-0.1, -0.05) is 6.08 Å². The van der Waals surface area contributed by atoms with Gasteiger partial charge in [0, 0.05) is 6.20 Å². The zero-order valence-corrected chi connectivity index (χ0v) is 9.86. The van der Waals surface area contributed by atoms with Crippen LogP contribution in [0.5, 0.6) is 0 Å². The van der Waals surface area contributed by atoms with E-state index in [1.54, 1.807) is 32.1 Å². The Balaban J connectivity index is 2.70. The SMILES string of the molecule is CCOC(=O)C1=CNC(C(=O)OCC)=CC=C1.